The van der Waals surface area contributed by atoms with Crippen molar-refractivity contribution < 1.29 is 9.53 Å². The molecule has 0 spiro atoms. The van der Waals surface area contributed by atoms with Gasteiger partial charge in [0, 0.05) is 6.42 Å². The number of ether oxygens (including phenoxy) is 1. The minimum absolute atomic E-state index is 0.0914. The van der Waals surface area contributed by atoms with Crippen LogP contribution in [0.1, 0.15) is 58.3 Å². The number of nitrogens with zero attached hydrogens (tertiary/aromatic N) is 1. The van der Waals surface area contributed by atoms with E-state index in [1.165, 1.54) is 43.4 Å². The first kappa shape index (κ1) is 15.3. The van der Waals surface area contributed by atoms with E-state index >= 15 is 0 Å². The van der Waals surface area contributed by atoms with Crippen molar-refractivity contribution >= 4 is 22.2 Å². The Labute approximate surface area is 124 Å². The third kappa shape index (κ3) is 5.12. The molecule has 0 saturated heterocycles. The van der Waals surface area contributed by atoms with Gasteiger partial charge in [-0.1, -0.05) is 43.9 Å². The Hall–Kier alpha value is -1.10. The zero-order chi connectivity index (χ0) is 14.2. The van der Waals surface area contributed by atoms with Gasteiger partial charge in [0.25, 0.3) is 5.19 Å². The topological polar surface area (TPSA) is 51.2 Å². The molecule has 1 fully saturated rings. The summed E-state index contributed by atoms with van der Waals surface area (Å²) in [6.07, 6.45) is 10.9. The van der Waals surface area contributed by atoms with E-state index < -0.39 is 0 Å². The molecule has 1 heterocycles. The molecule has 1 aliphatic rings. The molecule has 0 aliphatic heterocycles. The molecule has 20 heavy (non-hydrogen) atoms. The van der Waals surface area contributed by atoms with Crippen molar-refractivity contribution in [1.29, 1.82) is 0 Å². The highest BCUT2D eigenvalue weighted by Gasteiger charge is 2.15. The number of carbonyl (C=O) groups excluding carboxylic acids is 1. The molecule has 0 bridgehead atoms. The monoisotopic (exact) mass is 296 g/mol. The van der Waals surface area contributed by atoms with Crippen LogP contribution in [-0.4, -0.2) is 17.5 Å². The van der Waals surface area contributed by atoms with E-state index in [1.807, 2.05) is 0 Å². The van der Waals surface area contributed by atoms with Gasteiger partial charge in [-0.2, -0.15) is 0 Å². The molecule has 112 valence electrons. The number of aromatic nitrogens is 1. The lowest BCUT2D eigenvalue weighted by Crippen LogP contribution is -2.10. The van der Waals surface area contributed by atoms with Crippen LogP contribution < -0.4 is 10.1 Å². The first-order chi connectivity index (χ1) is 9.78. The van der Waals surface area contributed by atoms with Gasteiger partial charge >= 0.3 is 0 Å². The summed E-state index contributed by atoms with van der Waals surface area (Å²) in [6.45, 7) is 2.73. The van der Waals surface area contributed by atoms with Crippen molar-refractivity contribution in [2.75, 3.05) is 11.9 Å². The molecule has 5 heteroatoms. The van der Waals surface area contributed by atoms with E-state index in [1.54, 1.807) is 6.20 Å². The van der Waals surface area contributed by atoms with Gasteiger partial charge in [-0.15, -0.1) is 0 Å². The van der Waals surface area contributed by atoms with Crippen LogP contribution in [0.2, 0.25) is 0 Å². The summed E-state index contributed by atoms with van der Waals surface area (Å²) in [5, 5.41) is 4.31. The smallest absolute Gasteiger partial charge is 0.275 e. The molecule has 1 saturated carbocycles. The average Bonchev–Trinajstić information content (AvgIpc) is 3.08. The fraction of sp³-hybridized carbons (Fsp3) is 0.733. The minimum Gasteiger partial charge on any atom is -0.470 e. The molecule has 1 aliphatic carbocycles. The summed E-state index contributed by atoms with van der Waals surface area (Å²) >= 11 is 1.39. The summed E-state index contributed by atoms with van der Waals surface area (Å²) in [7, 11) is 0. The molecule has 1 aromatic rings. The molecule has 0 atom stereocenters. The Morgan fingerprint density at radius 2 is 2.30 bits per heavy atom. The largest absolute Gasteiger partial charge is 0.470 e. The van der Waals surface area contributed by atoms with E-state index in [2.05, 4.69) is 17.2 Å². The molecule has 1 aromatic heterocycles. The minimum atomic E-state index is 0.0914. The second-order valence-corrected chi connectivity index (χ2v) is 6.42. The summed E-state index contributed by atoms with van der Waals surface area (Å²) < 4.78 is 5.42. The highest BCUT2D eigenvalue weighted by atomic mass is 32.1. The van der Waals surface area contributed by atoms with E-state index in [0.717, 1.165) is 23.8 Å². The van der Waals surface area contributed by atoms with E-state index in [9.17, 15) is 4.79 Å². The Balaban J connectivity index is 1.64. The van der Waals surface area contributed by atoms with E-state index in [4.69, 9.17) is 4.74 Å². The number of amides is 1. The van der Waals surface area contributed by atoms with Gasteiger partial charge in [-0.3, -0.25) is 4.79 Å². The molecular weight excluding hydrogens is 272 g/mol. The van der Waals surface area contributed by atoms with E-state index in [0.29, 0.717) is 18.2 Å². The first-order valence-corrected chi connectivity index (χ1v) is 8.48. The second-order valence-electron chi connectivity index (χ2n) is 5.43. The quantitative estimate of drug-likeness (QED) is 0.781. The van der Waals surface area contributed by atoms with Gasteiger partial charge < -0.3 is 10.1 Å². The summed E-state index contributed by atoms with van der Waals surface area (Å²) in [6, 6.07) is 0. The zero-order valence-electron chi connectivity index (χ0n) is 12.2. The molecule has 4 nitrogen and oxygen atoms in total. The fourth-order valence-corrected chi connectivity index (χ4v) is 3.33. The molecule has 1 N–H and O–H groups in total. The van der Waals surface area contributed by atoms with Crippen molar-refractivity contribution in [3.8, 4) is 5.19 Å². The number of nitrogens with one attached hydrogen (secondary N) is 1. The Kier molecular flexibility index (Phi) is 6.30. The number of hydrogen-bond acceptors (Lipinski definition) is 4. The van der Waals surface area contributed by atoms with Crippen LogP contribution in [0.25, 0.3) is 0 Å². The Morgan fingerprint density at radius 1 is 1.50 bits per heavy atom. The van der Waals surface area contributed by atoms with Crippen LogP contribution in [0.3, 0.4) is 0 Å². The number of hydrogen-bond donors (Lipinski definition) is 1. The second kappa shape index (κ2) is 8.25. The van der Waals surface area contributed by atoms with Gasteiger partial charge in [-0.05, 0) is 25.2 Å². The maximum absolute atomic E-state index is 11.8. The molecule has 1 amide bonds. The molecule has 2 rings (SSSR count). The normalized spacial score (nSPS) is 15.4. The standard InChI is InChI=1S/C15H24N2O2S/c1-2-10-19-15-16-11-14(20-15)17-13(18)9-5-8-12-6-3-4-7-12/h11-12H,2-10H2,1H3,(H,17,18). The molecule has 0 aromatic carbocycles. The SMILES string of the molecule is CCCOc1ncc(NC(=O)CCCC2CCCC2)s1. The lowest BCUT2D eigenvalue weighted by atomic mass is 10.0. The predicted octanol–water partition coefficient (Wildman–Crippen LogP) is 4.23. The van der Waals surface area contributed by atoms with Gasteiger partial charge in [0.1, 0.15) is 5.00 Å². The molecule has 0 unspecified atom stereocenters. The third-order valence-corrected chi connectivity index (χ3v) is 4.49. The van der Waals surface area contributed by atoms with Crippen molar-refractivity contribution in [1.82, 2.24) is 4.98 Å². The average molecular weight is 296 g/mol. The summed E-state index contributed by atoms with van der Waals surface area (Å²) in [5.74, 6) is 0.953. The van der Waals surface area contributed by atoms with Crippen LogP contribution in [0.5, 0.6) is 5.19 Å². The van der Waals surface area contributed by atoms with Crippen LogP contribution in [0.15, 0.2) is 6.20 Å². The highest BCUT2D eigenvalue weighted by molar-refractivity contribution is 7.17. The zero-order valence-corrected chi connectivity index (χ0v) is 13.0. The van der Waals surface area contributed by atoms with Crippen molar-refractivity contribution in [3.63, 3.8) is 0 Å². The third-order valence-electron chi connectivity index (χ3n) is 3.67. The summed E-state index contributed by atoms with van der Waals surface area (Å²) in [5.41, 5.74) is 0. The van der Waals surface area contributed by atoms with Crippen LogP contribution >= 0.6 is 11.3 Å². The number of thiazole rings is 1. The van der Waals surface area contributed by atoms with Gasteiger partial charge in [0.2, 0.25) is 5.91 Å². The molecule has 0 radical (unpaired) electrons. The number of carbonyl (C=O) groups is 1. The van der Waals surface area contributed by atoms with Crippen molar-refractivity contribution in [2.24, 2.45) is 5.92 Å². The number of anilines is 1. The first-order valence-electron chi connectivity index (χ1n) is 7.66. The molecular formula is C15H24N2O2S. The fourth-order valence-electron chi connectivity index (χ4n) is 2.62. The van der Waals surface area contributed by atoms with Crippen molar-refractivity contribution in [3.05, 3.63) is 6.20 Å². The Morgan fingerprint density at radius 3 is 3.05 bits per heavy atom. The summed E-state index contributed by atoms with van der Waals surface area (Å²) in [4.78, 5) is 16.0. The van der Waals surface area contributed by atoms with Gasteiger partial charge in [-0.25, -0.2) is 4.98 Å². The highest BCUT2D eigenvalue weighted by Crippen LogP contribution is 2.29. The maximum atomic E-state index is 11.8. The predicted molar refractivity (Wildman–Crippen MR) is 82.3 cm³/mol. The van der Waals surface area contributed by atoms with Gasteiger partial charge in [0.05, 0.1) is 12.8 Å². The van der Waals surface area contributed by atoms with Crippen molar-refractivity contribution in [2.45, 2.75) is 58.3 Å². The van der Waals surface area contributed by atoms with Crippen LogP contribution in [-0.2, 0) is 4.79 Å². The van der Waals surface area contributed by atoms with Crippen LogP contribution in [0.4, 0.5) is 5.00 Å². The van der Waals surface area contributed by atoms with Crippen LogP contribution in [0, 0.1) is 5.92 Å². The lowest BCUT2D eigenvalue weighted by Gasteiger charge is -2.07. The van der Waals surface area contributed by atoms with Gasteiger partial charge in [0.15, 0.2) is 0 Å². The Bertz CT molecular complexity index is 414. The van der Waals surface area contributed by atoms with E-state index in [-0.39, 0.29) is 5.91 Å². The lowest BCUT2D eigenvalue weighted by molar-refractivity contribution is -0.116. The number of rotatable bonds is 8. The maximum Gasteiger partial charge on any atom is 0.275 e.